The molecule has 4 heteroatoms. The molecule has 0 saturated carbocycles. The highest BCUT2D eigenvalue weighted by molar-refractivity contribution is 7.71. The predicted molar refractivity (Wildman–Crippen MR) is 71.8 cm³/mol. The summed E-state index contributed by atoms with van der Waals surface area (Å²) in [7, 11) is 0. The molecule has 0 saturated heterocycles. The Kier molecular flexibility index (Phi) is 2.44. The summed E-state index contributed by atoms with van der Waals surface area (Å²) < 4.78 is 0.538. The third-order valence-corrected chi connectivity index (χ3v) is 3.31. The molecule has 0 aliphatic carbocycles. The second-order valence-corrected chi connectivity index (χ2v) is 4.62. The molecular weight excluding hydrogens is 230 g/mol. The van der Waals surface area contributed by atoms with E-state index in [1.807, 2.05) is 6.07 Å². The zero-order valence-electron chi connectivity index (χ0n) is 9.58. The summed E-state index contributed by atoms with van der Waals surface area (Å²) in [6.07, 6.45) is 0.998. The monoisotopic (exact) mass is 243 g/mol. The third kappa shape index (κ3) is 1.74. The lowest BCUT2D eigenvalue weighted by atomic mass is 10.0. The molecule has 1 aromatic carbocycles. The van der Waals surface area contributed by atoms with E-state index >= 15 is 0 Å². The van der Waals surface area contributed by atoms with Crippen molar-refractivity contribution in [3.8, 4) is 11.3 Å². The Morgan fingerprint density at radius 3 is 2.94 bits per heavy atom. The van der Waals surface area contributed by atoms with Crippen LogP contribution in [0.2, 0.25) is 0 Å². The van der Waals surface area contributed by atoms with Gasteiger partial charge in [0, 0.05) is 17.7 Å². The van der Waals surface area contributed by atoms with E-state index in [9.17, 15) is 0 Å². The van der Waals surface area contributed by atoms with Crippen molar-refractivity contribution in [1.82, 2.24) is 9.97 Å². The lowest BCUT2D eigenvalue weighted by Crippen LogP contribution is -1.97. The molecule has 0 unspecified atom stereocenters. The molecule has 17 heavy (non-hydrogen) atoms. The van der Waals surface area contributed by atoms with Gasteiger partial charge in [-0.2, -0.15) is 0 Å². The highest BCUT2D eigenvalue weighted by Gasteiger charge is 2.18. The minimum absolute atomic E-state index is 0.538. The number of hydrogen-bond acceptors (Lipinski definition) is 3. The second-order valence-electron chi connectivity index (χ2n) is 4.24. The van der Waals surface area contributed by atoms with E-state index < -0.39 is 0 Å². The molecule has 3 rings (SSSR count). The smallest absolute Gasteiger partial charge is 0.199 e. The molecule has 0 bridgehead atoms. The Morgan fingerprint density at radius 1 is 1.29 bits per heavy atom. The predicted octanol–water partition coefficient (Wildman–Crippen LogP) is 3.08. The minimum Gasteiger partial charge on any atom is -0.369 e. The number of nitrogens with zero attached hydrogens (tertiary/aromatic N) is 1. The van der Waals surface area contributed by atoms with Crippen molar-refractivity contribution in [2.75, 3.05) is 11.9 Å². The van der Waals surface area contributed by atoms with Crippen LogP contribution in [0.4, 0.5) is 5.82 Å². The average molecular weight is 243 g/mol. The first-order valence-corrected chi connectivity index (χ1v) is 6.09. The van der Waals surface area contributed by atoms with Gasteiger partial charge in [0.05, 0.1) is 5.69 Å². The molecule has 2 N–H and O–H groups in total. The van der Waals surface area contributed by atoms with Crippen LogP contribution in [0, 0.1) is 11.7 Å². The first-order chi connectivity index (χ1) is 8.25. The Hall–Kier alpha value is -1.68. The summed E-state index contributed by atoms with van der Waals surface area (Å²) in [6.45, 7) is 3.05. The highest BCUT2D eigenvalue weighted by Crippen LogP contribution is 2.31. The van der Waals surface area contributed by atoms with Crippen molar-refractivity contribution in [3.63, 3.8) is 0 Å². The molecule has 0 spiro atoms. The number of aromatic nitrogens is 2. The van der Waals surface area contributed by atoms with Gasteiger partial charge in [-0.15, -0.1) is 0 Å². The molecule has 3 nitrogen and oxygen atoms in total. The summed E-state index contributed by atoms with van der Waals surface area (Å²) in [5, 5.41) is 3.27. The number of rotatable bonds is 1. The Balaban J connectivity index is 2.29. The average Bonchev–Trinajstić information content (AvgIpc) is 2.76. The number of aromatic amines is 1. The highest BCUT2D eigenvalue weighted by atomic mass is 32.1. The SMILES string of the molecule is Cc1ccccc1-c1[nH]c(=S)nc2c1CCN2. The van der Waals surface area contributed by atoms with E-state index in [-0.39, 0.29) is 0 Å². The van der Waals surface area contributed by atoms with Crippen LogP contribution in [-0.2, 0) is 6.42 Å². The Morgan fingerprint density at radius 2 is 2.12 bits per heavy atom. The maximum absolute atomic E-state index is 5.18. The van der Waals surface area contributed by atoms with Crippen LogP contribution in [0.3, 0.4) is 0 Å². The summed E-state index contributed by atoms with van der Waals surface area (Å²) in [5.41, 5.74) is 4.82. The van der Waals surface area contributed by atoms with E-state index in [1.165, 1.54) is 16.7 Å². The van der Waals surface area contributed by atoms with E-state index in [2.05, 4.69) is 40.4 Å². The van der Waals surface area contributed by atoms with Crippen LogP contribution < -0.4 is 5.32 Å². The van der Waals surface area contributed by atoms with E-state index in [4.69, 9.17) is 12.2 Å². The van der Waals surface area contributed by atoms with Crippen molar-refractivity contribution in [3.05, 3.63) is 40.2 Å². The van der Waals surface area contributed by atoms with E-state index in [1.54, 1.807) is 0 Å². The van der Waals surface area contributed by atoms with Gasteiger partial charge < -0.3 is 10.3 Å². The zero-order chi connectivity index (χ0) is 11.8. The summed E-state index contributed by atoms with van der Waals surface area (Å²) in [6, 6.07) is 8.33. The van der Waals surface area contributed by atoms with Crippen LogP contribution in [0.15, 0.2) is 24.3 Å². The number of hydrogen-bond donors (Lipinski definition) is 2. The fourth-order valence-electron chi connectivity index (χ4n) is 2.28. The van der Waals surface area contributed by atoms with Gasteiger partial charge in [-0.05, 0) is 31.1 Å². The lowest BCUT2D eigenvalue weighted by Gasteiger charge is -2.10. The Labute approximate surface area is 105 Å². The van der Waals surface area contributed by atoms with Gasteiger partial charge >= 0.3 is 0 Å². The molecule has 2 heterocycles. The van der Waals surface area contributed by atoms with Gasteiger partial charge in [0.2, 0.25) is 0 Å². The van der Waals surface area contributed by atoms with Crippen molar-refractivity contribution >= 4 is 18.0 Å². The largest absolute Gasteiger partial charge is 0.369 e. The molecule has 1 aliphatic heterocycles. The lowest BCUT2D eigenvalue weighted by molar-refractivity contribution is 1.08. The fourth-order valence-corrected chi connectivity index (χ4v) is 2.47. The minimum atomic E-state index is 0.538. The Bertz CT molecular complexity index is 631. The van der Waals surface area contributed by atoms with E-state index in [0.29, 0.717) is 4.77 Å². The number of aryl methyl sites for hydroxylation is 1. The van der Waals surface area contributed by atoms with Crippen LogP contribution in [-0.4, -0.2) is 16.5 Å². The molecule has 1 aliphatic rings. The summed E-state index contributed by atoms with van der Waals surface area (Å²) in [4.78, 5) is 7.55. The number of H-pyrrole nitrogens is 1. The van der Waals surface area contributed by atoms with Gasteiger partial charge in [-0.25, -0.2) is 4.98 Å². The maximum Gasteiger partial charge on any atom is 0.199 e. The molecule has 0 fully saturated rings. The van der Waals surface area contributed by atoms with Gasteiger partial charge in [0.15, 0.2) is 4.77 Å². The first kappa shape index (κ1) is 10.5. The molecule has 86 valence electrons. The molecule has 1 aromatic heterocycles. The number of nitrogens with one attached hydrogen (secondary N) is 2. The van der Waals surface area contributed by atoms with Crippen LogP contribution >= 0.6 is 12.2 Å². The molecule has 0 amide bonds. The van der Waals surface area contributed by atoms with E-state index in [0.717, 1.165) is 24.5 Å². The molecule has 2 aromatic rings. The van der Waals surface area contributed by atoms with Crippen molar-refractivity contribution in [2.24, 2.45) is 0 Å². The first-order valence-electron chi connectivity index (χ1n) is 5.69. The molecule has 0 radical (unpaired) electrons. The molecule has 0 atom stereocenters. The van der Waals surface area contributed by atoms with Crippen LogP contribution in [0.5, 0.6) is 0 Å². The topological polar surface area (TPSA) is 40.7 Å². The van der Waals surface area contributed by atoms with Gasteiger partial charge in [-0.3, -0.25) is 0 Å². The van der Waals surface area contributed by atoms with Gasteiger partial charge in [-0.1, -0.05) is 24.3 Å². The van der Waals surface area contributed by atoms with Gasteiger partial charge in [0.25, 0.3) is 0 Å². The maximum atomic E-state index is 5.18. The van der Waals surface area contributed by atoms with Crippen molar-refractivity contribution in [2.45, 2.75) is 13.3 Å². The van der Waals surface area contributed by atoms with Crippen molar-refractivity contribution in [1.29, 1.82) is 0 Å². The number of benzene rings is 1. The fraction of sp³-hybridized carbons (Fsp3) is 0.231. The van der Waals surface area contributed by atoms with Gasteiger partial charge in [0.1, 0.15) is 5.82 Å². The number of fused-ring (bicyclic) bond motifs is 1. The quantitative estimate of drug-likeness (QED) is 0.756. The standard InChI is InChI=1S/C13H13N3S/c1-8-4-2-3-5-9(8)11-10-6-7-14-12(10)16-13(17)15-11/h2-5H,6-7H2,1H3,(H2,14,15,16,17). The molecular formula is C13H13N3S. The van der Waals surface area contributed by atoms with Crippen LogP contribution in [0.25, 0.3) is 11.3 Å². The third-order valence-electron chi connectivity index (χ3n) is 3.11. The van der Waals surface area contributed by atoms with Crippen LogP contribution in [0.1, 0.15) is 11.1 Å². The van der Waals surface area contributed by atoms with Crippen molar-refractivity contribution < 1.29 is 0 Å². The second kappa shape index (κ2) is 3.96. The number of anilines is 1. The normalized spacial score (nSPS) is 13.2. The summed E-state index contributed by atoms with van der Waals surface area (Å²) >= 11 is 5.18. The zero-order valence-corrected chi connectivity index (χ0v) is 10.4. The summed E-state index contributed by atoms with van der Waals surface area (Å²) in [5.74, 6) is 0.937.